The van der Waals surface area contributed by atoms with Crippen molar-refractivity contribution in [2.75, 3.05) is 11.9 Å². The first-order chi connectivity index (χ1) is 11.4. The summed E-state index contributed by atoms with van der Waals surface area (Å²) in [6, 6.07) is 4.17. The topological polar surface area (TPSA) is 74.0 Å². The summed E-state index contributed by atoms with van der Waals surface area (Å²) in [7, 11) is 0. The number of aryl methyl sites for hydroxylation is 1. The Balaban J connectivity index is 2.08. The Hall–Kier alpha value is -2.89. The second-order valence-electron chi connectivity index (χ2n) is 5.73. The third-order valence-corrected chi connectivity index (χ3v) is 4.09. The van der Waals surface area contributed by atoms with E-state index in [1.165, 1.54) is 18.2 Å². The summed E-state index contributed by atoms with van der Waals surface area (Å²) in [6.45, 7) is 6.02. The second-order valence-corrected chi connectivity index (χ2v) is 5.73. The zero-order valence-electron chi connectivity index (χ0n) is 13.7. The van der Waals surface area contributed by atoms with Crippen LogP contribution in [0.25, 0.3) is 11.6 Å². The number of aromatic nitrogens is 1. The van der Waals surface area contributed by atoms with Gasteiger partial charge in [0.1, 0.15) is 5.82 Å². The monoisotopic (exact) mass is 327 g/mol. The summed E-state index contributed by atoms with van der Waals surface area (Å²) in [5.74, 6) is -0.851. The lowest BCUT2D eigenvalue weighted by Crippen LogP contribution is -2.23. The van der Waals surface area contributed by atoms with Gasteiger partial charge in [-0.1, -0.05) is 0 Å². The minimum Gasteiger partial charge on any atom is -0.358 e. The molecule has 0 aliphatic carbocycles. The van der Waals surface area contributed by atoms with Crippen LogP contribution in [0.4, 0.5) is 10.1 Å². The van der Waals surface area contributed by atoms with E-state index in [1.807, 2.05) is 20.8 Å². The summed E-state index contributed by atoms with van der Waals surface area (Å²) in [5, 5.41) is 5.49. The predicted molar refractivity (Wildman–Crippen MR) is 91.2 cm³/mol. The van der Waals surface area contributed by atoms with Crippen molar-refractivity contribution in [2.45, 2.75) is 20.8 Å². The van der Waals surface area contributed by atoms with Crippen molar-refractivity contribution in [3.8, 4) is 0 Å². The molecule has 1 aliphatic heterocycles. The Morgan fingerprint density at radius 2 is 2.08 bits per heavy atom. The van der Waals surface area contributed by atoms with Gasteiger partial charge in [0.25, 0.3) is 11.8 Å². The van der Waals surface area contributed by atoms with E-state index in [0.29, 0.717) is 34.6 Å². The summed E-state index contributed by atoms with van der Waals surface area (Å²) in [4.78, 5) is 27.5. The van der Waals surface area contributed by atoms with E-state index < -0.39 is 5.82 Å². The minimum atomic E-state index is -0.404. The molecule has 0 spiro atoms. The Kier molecular flexibility index (Phi) is 3.97. The molecule has 2 heterocycles. The maximum absolute atomic E-state index is 13.5. The van der Waals surface area contributed by atoms with Gasteiger partial charge in [-0.15, -0.1) is 0 Å². The van der Waals surface area contributed by atoms with Gasteiger partial charge in [0.15, 0.2) is 0 Å². The first-order valence-electron chi connectivity index (χ1n) is 7.72. The molecule has 1 aromatic heterocycles. The summed E-state index contributed by atoms with van der Waals surface area (Å²) < 4.78 is 13.5. The highest BCUT2D eigenvalue weighted by atomic mass is 19.1. The largest absolute Gasteiger partial charge is 0.358 e. The van der Waals surface area contributed by atoms with Gasteiger partial charge in [0.2, 0.25) is 0 Å². The van der Waals surface area contributed by atoms with Crippen LogP contribution in [0, 0.1) is 19.7 Å². The van der Waals surface area contributed by atoms with Crippen LogP contribution in [0.2, 0.25) is 0 Å². The molecular formula is C18H18FN3O2. The minimum absolute atomic E-state index is 0.157. The molecule has 0 saturated heterocycles. The number of hydrogen-bond donors (Lipinski definition) is 3. The number of aromatic amines is 1. The highest BCUT2D eigenvalue weighted by molar-refractivity contribution is 6.34. The molecule has 0 saturated carbocycles. The maximum Gasteiger partial charge on any atom is 0.256 e. The molecule has 0 bridgehead atoms. The fourth-order valence-corrected chi connectivity index (χ4v) is 2.96. The molecule has 3 rings (SSSR count). The molecular weight excluding hydrogens is 309 g/mol. The van der Waals surface area contributed by atoms with Crippen molar-refractivity contribution in [1.29, 1.82) is 0 Å². The van der Waals surface area contributed by atoms with Crippen molar-refractivity contribution in [3.63, 3.8) is 0 Å². The number of nitrogens with one attached hydrogen (secondary N) is 3. The van der Waals surface area contributed by atoms with Gasteiger partial charge in [-0.3, -0.25) is 9.59 Å². The number of carbonyl (C=O) groups is 2. The number of halogens is 1. The fraction of sp³-hybridized carbons (Fsp3) is 0.222. The number of amides is 2. The van der Waals surface area contributed by atoms with Gasteiger partial charge >= 0.3 is 0 Å². The van der Waals surface area contributed by atoms with Gasteiger partial charge in [0.05, 0.1) is 11.1 Å². The Labute approximate surface area is 139 Å². The van der Waals surface area contributed by atoms with E-state index in [4.69, 9.17) is 0 Å². The number of benzene rings is 1. The molecule has 2 aromatic rings. The zero-order chi connectivity index (χ0) is 17.4. The SMILES string of the molecule is CCNC(=O)c1c(C)[nH]c(C=C2C(=O)Nc3ccc(F)cc32)c1C. The normalized spacial score (nSPS) is 14.7. The van der Waals surface area contributed by atoms with Crippen molar-refractivity contribution in [2.24, 2.45) is 0 Å². The average molecular weight is 327 g/mol. The number of rotatable bonds is 3. The van der Waals surface area contributed by atoms with E-state index in [2.05, 4.69) is 15.6 Å². The van der Waals surface area contributed by atoms with Crippen LogP contribution in [-0.2, 0) is 4.79 Å². The Morgan fingerprint density at radius 1 is 1.33 bits per heavy atom. The van der Waals surface area contributed by atoms with E-state index in [1.54, 1.807) is 6.08 Å². The third-order valence-electron chi connectivity index (χ3n) is 4.09. The van der Waals surface area contributed by atoms with Crippen molar-refractivity contribution in [1.82, 2.24) is 10.3 Å². The summed E-state index contributed by atoms with van der Waals surface area (Å²) >= 11 is 0. The number of hydrogen-bond acceptors (Lipinski definition) is 2. The lowest BCUT2D eigenvalue weighted by molar-refractivity contribution is -0.110. The molecule has 2 amide bonds. The molecule has 5 nitrogen and oxygen atoms in total. The van der Waals surface area contributed by atoms with Gasteiger partial charge in [-0.2, -0.15) is 0 Å². The molecule has 3 N–H and O–H groups in total. The lowest BCUT2D eigenvalue weighted by atomic mass is 10.0. The molecule has 24 heavy (non-hydrogen) atoms. The molecule has 0 unspecified atom stereocenters. The highest BCUT2D eigenvalue weighted by Gasteiger charge is 2.26. The van der Waals surface area contributed by atoms with Gasteiger partial charge in [-0.05, 0) is 50.6 Å². The maximum atomic E-state index is 13.5. The number of fused-ring (bicyclic) bond motifs is 1. The smallest absolute Gasteiger partial charge is 0.256 e. The Bertz CT molecular complexity index is 881. The van der Waals surface area contributed by atoms with Crippen molar-refractivity contribution < 1.29 is 14.0 Å². The van der Waals surface area contributed by atoms with Crippen LogP contribution < -0.4 is 10.6 Å². The number of H-pyrrole nitrogens is 1. The molecule has 1 aromatic carbocycles. The van der Waals surface area contributed by atoms with Crippen LogP contribution in [0.5, 0.6) is 0 Å². The quantitative estimate of drug-likeness (QED) is 0.758. The van der Waals surface area contributed by atoms with Gasteiger partial charge < -0.3 is 15.6 Å². The van der Waals surface area contributed by atoms with Gasteiger partial charge in [0, 0.05) is 29.2 Å². The van der Waals surface area contributed by atoms with E-state index in [9.17, 15) is 14.0 Å². The van der Waals surface area contributed by atoms with E-state index in [-0.39, 0.29) is 11.8 Å². The summed E-state index contributed by atoms with van der Waals surface area (Å²) in [5.41, 5.74) is 4.18. The van der Waals surface area contributed by atoms with Crippen LogP contribution >= 0.6 is 0 Å². The fourth-order valence-electron chi connectivity index (χ4n) is 2.96. The first kappa shape index (κ1) is 16.0. The van der Waals surface area contributed by atoms with Crippen molar-refractivity contribution in [3.05, 3.63) is 52.1 Å². The average Bonchev–Trinajstić information content (AvgIpc) is 2.97. The zero-order valence-corrected chi connectivity index (χ0v) is 13.7. The highest BCUT2D eigenvalue weighted by Crippen LogP contribution is 2.34. The van der Waals surface area contributed by atoms with Crippen LogP contribution in [0.15, 0.2) is 18.2 Å². The molecule has 0 fully saturated rings. The molecule has 0 atom stereocenters. The standard InChI is InChI=1S/C18H18FN3O2/c1-4-20-18(24)16-9(2)15(21-10(16)3)8-13-12-7-11(19)5-6-14(12)22-17(13)23/h5-8,21H,4H2,1-3H3,(H,20,24)(H,22,23). The van der Waals surface area contributed by atoms with E-state index in [0.717, 1.165) is 11.3 Å². The Morgan fingerprint density at radius 3 is 2.79 bits per heavy atom. The summed E-state index contributed by atoms with van der Waals surface area (Å²) in [6.07, 6.45) is 1.66. The molecule has 0 radical (unpaired) electrons. The predicted octanol–water partition coefficient (Wildman–Crippen LogP) is 3.01. The first-order valence-corrected chi connectivity index (χ1v) is 7.72. The second kappa shape index (κ2) is 5.96. The van der Waals surface area contributed by atoms with Gasteiger partial charge in [-0.25, -0.2) is 4.39 Å². The number of anilines is 1. The van der Waals surface area contributed by atoms with Crippen LogP contribution in [0.3, 0.4) is 0 Å². The van der Waals surface area contributed by atoms with Crippen LogP contribution in [-0.4, -0.2) is 23.3 Å². The third kappa shape index (κ3) is 2.60. The molecule has 124 valence electrons. The number of carbonyl (C=O) groups excluding carboxylic acids is 2. The molecule has 6 heteroatoms. The van der Waals surface area contributed by atoms with Crippen LogP contribution in [0.1, 0.15) is 39.8 Å². The lowest BCUT2D eigenvalue weighted by Gasteiger charge is -2.02. The van der Waals surface area contributed by atoms with E-state index >= 15 is 0 Å². The molecule has 1 aliphatic rings. The van der Waals surface area contributed by atoms with Crippen molar-refractivity contribution >= 4 is 29.2 Å².